The van der Waals surface area contributed by atoms with Gasteiger partial charge in [0.1, 0.15) is 68.6 Å². The Morgan fingerprint density at radius 2 is 1.15 bits per heavy atom. The number of ether oxygens (including phenoxy) is 10. The van der Waals surface area contributed by atoms with Crippen molar-refractivity contribution in [3.8, 4) is 0 Å². The van der Waals surface area contributed by atoms with Crippen LogP contribution in [0.15, 0.2) is 121 Å². The number of amides is 3. The lowest BCUT2D eigenvalue weighted by Gasteiger charge is -2.48. The number of aliphatic hydroxyl groups excluding tert-OH is 7. The molecule has 1 unspecified atom stereocenters. The number of hydrogen-bond donors (Lipinski definition) is 10. The Bertz CT molecular complexity index is 2760. The Morgan fingerprint density at radius 3 is 1.76 bits per heavy atom. The molecule has 24 heteroatoms. The molecule has 10 N–H and O–H groups in total. The Morgan fingerprint density at radius 1 is 0.586 bits per heavy atom. The lowest BCUT2D eigenvalue weighted by molar-refractivity contribution is -0.311. The second-order valence-corrected chi connectivity index (χ2v) is 22.8. The van der Waals surface area contributed by atoms with Crippen LogP contribution < -0.4 is 16.0 Å². The number of hydrogen-bond acceptors (Lipinski definition) is 21. The summed E-state index contributed by atoms with van der Waals surface area (Å²) in [5, 5.41) is 87.7. The molecule has 0 radical (unpaired) electrons. The number of benzene rings is 4. The molecular weight excluding hydrogens is 1130 g/mol. The minimum absolute atomic E-state index is 0.0573. The van der Waals surface area contributed by atoms with Crippen LogP contribution in [0, 0.1) is 11.8 Å². The quantitative estimate of drug-likeness (QED) is 0.0334. The summed E-state index contributed by atoms with van der Waals surface area (Å²) in [4.78, 5) is 53.4. The first-order valence-electron chi connectivity index (χ1n) is 29.8. The Kier molecular flexibility index (Phi) is 23.9. The molecule has 5 fully saturated rings. The van der Waals surface area contributed by atoms with Crippen molar-refractivity contribution in [2.24, 2.45) is 11.8 Å². The van der Waals surface area contributed by atoms with E-state index in [1.165, 1.54) is 0 Å². The fourth-order valence-electron chi connectivity index (χ4n) is 11.9. The topological polar surface area (TPSA) is 338 Å². The van der Waals surface area contributed by atoms with Crippen molar-refractivity contribution in [2.45, 2.75) is 188 Å². The molecule has 4 heterocycles. The van der Waals surface area contributed by atoms with E-state index < -0.39 is 166 Å². The average molecular weight is 1220 g/mol. The third-order valence-corrected chi connectivity index (χ3v) is 16.6. The van der Waals surface area contributed by atoms with Gasteiger partial charge >= 0.3 is 18.3 Å². The van der Waals surface area contributed by atoms with E-state index in [1.54, 1.807) is 79.7 Å². The van der Waals surface area contributed by atoms with Crippen LogP contribution in [0.5, 0.6) is 0 Å². The van der Waals surface area contributed by atoms with Crippen molar-refractivity contribution in [1.82, 2.24) is 16.0 Å². The largest absolute Gasteiger partial charge is 0.445 e. The molecule has 4 aromatic carbocycles. The number of fused-ring (bicyclic) bond motifs is 1. The van der Waals surface area contributed by atoms with Crippen LogP contribution in [0.25, 0.3) is 0 Å². The first kappa shape index (κ1) is 65.3. The van der Waals surface area contributed by atoms with Crippen molar-refractivity contribution in [1.29, 1.82) is 0 Å². The van der Waals surface area contributed by atoms with Crippen LogP contribution in [-0.4, -0.2) is 184 Å². The van der Waals surface area contributed by atoms with Gasteiger partial charge in [-0.1, -0.05) is 128 Å². The van der Waals surface area contributed by atoms with Crippen molar-refractivity contribution in [2.75, 3.05) is 19.8 Å². The number of carbonyl (C=O) groups excluding carboxylic acids is 4. The smallest absolute Gasteiger partial charge is 0.407 e. The van der Waals surface area contributed by atoms with E-state index in [9.17, 15) is 54.9 Å². The lowest BCUT2D eigenvalue weighted by Crippen LogP contribution is -2.66. The second-order valence-electron chi connectivity index (χ2n) is 22.8. The van der Waals surface area contributed by atoms with E-state index in [4.69, 9.17) is 47.4 Å². The van der Waals surface area contributed by atoms with Crippen LogP contribution in [0.1, 0.15) is 86.6 Å². The van der Waals surface area contributed by atoms with Gasteiger partial charge in [-0.25, -0.2) is 14.4 Å². The molecule has 4 aliphatic heterocycles. The molecule has 4 saturated heterocycles. The zero-order valence-electron chi connectivity index (χ0n) is 48.3. The van der Waals surface area contributed by atoms with Crippen molar-refractivity contribution < 1.29 is 102 Å². The fourth-order valence-corrected chi connectivity index (χ4v) is 11.9. The van der Waals surface area contributed by atoms with E-state index in [1.807, 2.05) is 48.5 Å². The monoisotopic (exact) mass is 1220 g/mol. The minimum Gasteiger partial charge on any atom is -0.445 e. The van der Waals surface area contributed by atoms with Crippen LogP contribution >= 0.6 is 0 Å². The number of rotatable bonds is 25. The second kappa shape index (κ2) is 31.8. The van der Waals surface area contributed by atoms with Gasteiger partial charge < -0.3 is 99.1 Å². The molecule has 5 aliphatic rings. The number of alkyl carbamates (subject to hydrolysis) is 3. The highest BCUT2D eigenvalue weighted by atomic mass is 16.8. The summed E-state index contributed by atoms with van der Waals surface area (Å²) >= 11 is 0. The zero-order chi connectivity index (χ0) is 61.4. The zero-order valence-corrected chi connectivity index (χ0v) is 48.3. The molecule has 87 heavy (non-hydrogen) atoms. The fraction of sp³-hybridized carbons (Fsp3) is 0.556. The van der Waals surface area contributed by atoms with Gasteiger partial charge in [0.2, 0.25) is 0 Å². The van der Waals surface area contributed by atoms with E-state index in [2.05, 4.69) is 16.0 Å². The molecule has 0 spiro atoms. The van der Waals surface area contributed by atoms with Crippen molar-refractivity contribution >= 4 is 24.1 Å². The van der Waals surface area contributed by atoms with Gasteiger partial charge in [-0.2, -0.15) is 0 Å². The highest BCUT2D eigenvalue weighted by Gasteiger charge is 2.56. The summed E-state index contributed by atoms with van der Waals surface area (Å²) in [7, 11) is 0. The average Bonchev–Trinajstić information content (AvgIpc) is 2.46. The highest BCUT2D eigenvalue weighted by Crippen LogP contribution is 2.42. The van der Waals surface area contributed by atoms with E-state index in [0.29, 0.717) is 43.2 Å². The van der Waals surface area contributed by atoms with Gasteiger partial charge in [0, 0.05) is 19.4 Å². The molecule has 1 aliphatic carbocycles. The number of unbranched alkanes of at least 4 members (excludes halogenated alkanes) is 1. The molecule has 3 amide bonds. The number of nitrogens with one attached hydrogen (secondary N) is 3. The molecule has 0 bridgehead atoms. The molecule has 4 aromatic rings. The molecule has 1 saturated carbocycles. The van der Waals surface area contributed by atoms with E-state index >= 15 is 0 Å². The maximum atomic E-state index is 13.8. The van der Waals surface area contributed by atoms with Gasteiger partial charge in [-0.05, 0) is 72.6 Å². The first-order valence-corrected chi connectivity index (χ1v) is 29.8. The number of carbonyl (C=O) groups is 4. The van der Waals surface area contributed by atoms with Gasteiger partial charge in [0.05, 0.1) is 55.8 Å². The minimum atomic E-state index is -1.80. The molecule has 9 rings (SSSR count). The Hall–Kier alpha value is -6.20. The predicted octanol–water partition coefficient (Wildman–Crippen LogP) is 3.72. The van der Waals surface area contributed by atoms with Crippen molar-refractivity contribution in [3.63, 3.8) is 0 Å². The summed E-state index contributed by atoms with van der Waals surface area (Å²) in [6.45, 7) is 0.120. The van der Waals surface area contributed by atoms with Crippen molar-refractivity contribution in [3.05, 3.63) is 144 Å². The molecule has 0 aromatic heterocycles. The first-order chi connectivity index (χ1) is 42.2. The van der Waals surface area contributed by atoms with Crippen LogP contribution in [0.3, 0.4) is 0 Å². The summed E-state index contributed by atoms with van der Waals surface area (Å²) in [6, 6.07) is 33.8. The maximum Gasteiger partial charge on any atom is 0.407 e. The molecule has 20 atom stereocenters. The Balaban J connectivity index is 0.944. The molecule has 24 nitrogen and oxygen atoms in total. The lowest BCUT2D eigenvalue weighted by atomic mass is 9.74. The number of aliphatic hydroxyl groups is 7. The van der Waals surface area contributed by atoms with Gasteiger partial charge in [-0.15, -0.1) is 0 Å². The third kappa shape index (κ3) is 17.6. The number of Topliss-reactive ketones (excluding diaryl/α,β-unsaturated/α-hetero) is 1. The molecule has 474 valence electrons. The highest BCUT2D eigenvalue weighted by molar-refractivity contribution is 5.84. The predicted molar refractivity (Wildman–Crippen MR) is 305 cm³/mol. The standard InChI is InChI=1S/C63H81N3O21/c1-36-28-41(29-43(69)45(71)31-64-61(75)78-33-37-16-6-2-7-17-37)51(72)57(54(36)85-58-42(30-44(70)47(82-58)24-14-15-27-67)65-62(76)79-34-38-18-8-3-9-19-38)87-60-53(74)56(49(32-68)84-60)86-59-50(66-63(77)80-35-39-20-10-4-11-21-39)52(73)55-48(83-59)26-25-46(81-55)40-22-12-5-13-23-40/h2-13,16-23,36,41-42,44-60,67-68,70-74H,14-15,24-35H2,1H3,(H,64,75)(H,65,76)(H,66,77)/t36-,41-,42+,44-,45-,46?,47+,48-,49+,50+,51-,52+,53+,54+,55+,56+,57+,58+,59+,60-/m0/s1. The SMILES string of the molecule is C[C@H]1C[C@@H](CC(=O)[C@@H](O)CNC(=O)OCc2ccccc2)[C@H](O)[C@@H](O[C@@H]2O[C@H](CO)[C@@H](O[C@H]3O[C@H]4CCC(c5ccccc5)O[C@H]4[C@H](O)[C@H]3NC(=O)OCc3ccccc3)[C@H]2O)[C@@H]1O[C@H]1O[C@H](CCCCO)[C@@H](O)C[C@H]1NC(=O)OCc1ccccc1. The van der Waals surface area contributed by atoms with Crippen LogP contribution in [-0.2, 0) is 72.0 Å². The Labute approximate surface area is 504 Å². The maximum absolute atomic E-state index is 13.8. The van der Waals surface area contributed by atoms with Crippen LogP contribution in [0.4, 0.5) is 14.4 Å². The normalized spacial score (nSPS) is 32.6. The summed E-state index contributed by atoms with van der Waals surface area (Å²) < 4.78 is 61.8. The van der Waals surface area contributed by atoms with Gasteiger partial charge in [-0.3, -0.25) is 4.79 Å². The van der Waals surface area contributed by atoms with E-state index in [0.717, 1.165) is 11.1 Å². The third-order valence-electron chi connectivity index (χ3n) is 16.6. The van der Waals surface area contributed by atoms with E-state index in [-0.39, 0.29) is 39.3 Å². The number of ketones is 1. The summed E-state index contributed by atoms with van der Waals surface area (Å²) in [6.07, 6.45) is -22.0. The van der Waals surface area contributed by atoms with Crippen LogP contribution in [0.2, 0.25) is 0 Å². The van der Waals surface area contributed by atoms with Gasteiger partial charge in [0.25, 0.3) is 0 Å². The molecular formula is C63H81N3O21. The summed E-state index contributed by atoms with van der Waals surface area (Å²) in [5.41, 5.74) is 3.00. The summed E-state index contributed by atoms with van der Waals surface area (Å²) in [5.74, 6) is -2.35. The van der Waals surface area contributed by atoms with Gasteiger partial charge in [0.15, 0.2) is 24.7 Å².